The van der Waals surface area contributed by atoms with Gasteiger partial charge in [-0.2, -0.15) is 0 Å². The Kier molecular flexibility index (Phi) is 4.46. The summed E-state index contributed by atoms with van der Waals surface area (Å²) in [6.07, 6.45) is 2.36. The van der Waals surface area contributed by atoms with Crippen LogP contribution in [-0.4, -0.2) is 29.5 Å². The van der Waals surface area contributed by atoms with Crippen molar-refractivity contribution in [1.82, 2.24) is 9.97 Å². The van der Waals surface area contributed by atoms with E-state index in [1.807, 2.05) is 55.6 Å². The summed E-state index contributed by atoms with van der Waals surface area (Å²) in [5.41, 5.74) is 4.04. The van der Waals surface area contributed by atoms with Crippen molar-refractivity contribution < 1.29 is 9.21 Å². The number of carbonyl (C=O) groups excluding carboxylic acids is 1. The Morgan fingerprint density at radius 2 is 1.89 bits per heavy atom. The van der Waals surface area contributed by atoms with Crippen LogP contribution in [0, 0.1) is 0 Å². The Balaban J connectivity index is 1.59. The molecule has 0 saturated carbocycles. The highest BCUT2D eigenvalue weighted by Crippen LogP contribution is 2.31. The van der Waals surface area contributed by atoms with Crippen molar-refractivity contribution in [1.29, 1.82) is 0 Å². The first-order chi connectivity index (χ1) is 13.2. The number of amides is 1. The Hall–Kier alpha value is -3.41. The third-order valence-corrected chi connectivity index (χ3v) is 4.55. The molecule has 4 rings (SSSR count). The summed E-state index contributed by atoms with van der Waals surface area (Å²) < 4.78 is 5.94. The standard InChI is InChI=1S/C21H20N4O2/c1-3-14-8-4-6-10-16(14)24-18(26)12-25(2)21-20-19(22-13-23-21)15-9-5-7-11-17(15)27-20/h4-11,13H,3,12H2,1-2H3,(H,24,26). The molecule has 6 nitrogen and oxygen atoms in total. The van der Waals surface area contributed by atoms with Crippen LogP contribution in [0.3, 0.4) is 0 Å². The zero-order valence-electron chi connectivity index (χ0n) is 15.3. The quantitative estimate of drug-likeness (QED) is 0.582. The van der Waals surface area contributed by atoms with Crippen LogP contribution in [0.5, 0.6) is 0 Å². The molecule has 0 bridgehead atoms. The molecule has 2 heterocycles. The van der Waals surface area contributed by atoms with Gasteiger partial charge in [0.2, 0.25) is 5.91 Å². The van der Waals surface area contributed by atoms with Crippen molar-refractivity contribution >= 4 is 39.5 Å². The Morgan fingerprint density at radius 1 is 1.11 bits per heavy atom. The maximum absolute atomic E-state index is 12.5. The SMILES string of the molecule is CCc1ccccc1NC(=O)CN(C)c1ncnc2c1oc1ccccc12. The number of nitrogens with one attached hydrogen (secondary N) is 1. The van der Waals surface area contributed by atoms with E-state index >= 15 is 0 Å². The molecule has 1 N–H and O–H groups in total. The number of aromatic nitrogens is 2. The number of nitrogens with zero attached hydrogens (tertiary/aromatic N) is 3. The van der Waals surface area contributed by atoms with Crippen molar-refractivity contribution in [3.8, 4) is 0 Å². The van der Waals surface area contributed by atoms with Gasteiger partial charge in [0, 0.05) is 18.1 Å². The zero-order valence-corrected chi connectivity index (χ0v) is 15.3. The second-order valence-electron chi connectivity index (χ2n) is 6.39. The van der Waals surface area contributed by atoms with E-state index < -0.39 is 0 Å². The first kappa shape index (κ1) is 17.0. The molecule has 1 amide bonds. The van der Waals surface area contributed by atoms with Gasteiger partial charge in [0.25, 0.3) is 0 Å². The lowest BCUT2D eigenvalue weighted by molar-refractivity contribution is -0.114. The fraction of sp³-hybridized carbons (Fsp3) is 0.190. The normalized spacial score (nSPS) is 11.0. The summed E-state index contributed by atoms with van der Waals surface area (Å²) in [4.78, 5) is 23.0. The number of carbonyl (C=O) groups is 1. The van der Waals surface area contributed by atoms with Crippen molar-refractivity contribution in [2.24, 2.45) is 0 Å². The largest absolute Gasteiger partial charge is 0.450 e. The van der Waals surface area contributed by atoms with Gasteiger partial charge in [0.1, 0.15) is 17.4 Å². The molecule has 0 radical (unpaired) electrons. The van der Waals surface area contributed by atoms with Gasteiger partial charge in [-0.3, -0.25) is 4.79 Å². The highest BCUT2D eigenvalue weighted by molar-refractivity contribution is 6.06. The highest BCUT2D eigenvalue weighted by Gasteiger charge is 2.17. The average molecular weight is 360 g/mol. The van der Waals surface area contributed by atoms with E-state index in [1.54, 1.807) is 4.90 Å². The Morgan fingerprint density at radius 3 is 2.74 bits per heavy atom. The fourth-order valence-electron chi connectivity index (χ4n) is 3.21. The minimum Gasteiger partial charge on any atom is -0.450 e. The maximum Gasteiger partial charge on any atom is 0.243 e. The first-order valence-corrected chi connectivity index (χ1v) is 8.88. The predicted molar refractivity (Wildman–Crippen MR) is 107 cm³/mol. The minimum atomic E-state index is -0.110. The van der Waals surface area contributed by atoms with Gasteiger partial charge in [-0.25, -0.2) is 9.97 Å². The van der Waals surface area contributed by atoms with Crippen LogP contribution in [0.2, 0.25) is 0 Å². The summed E-state index contributed by atoms with van der Waals surface area (Å²) in [5.74, 6) is 0.483. The van der Waals surface area contributed by atoms with Gasteiger partial charge in [0.05, 0.1) is 6.54 Å². The third-order valence-electron chi connectivity index (χ3n) is 4.55. The molecule has 0 saturated heterocycles. The number of benzene rings is 2. The lowest BCUT2D eigenvalue weighted by Gasteiger charge is -2.18. The maximum atomic E-state index is 12.5. The van der Waals surface area contributed by atoms with Gasteiger partial charge in [-0.05, 0) is 30.2 Å². The van der Waals surface area contributed by atoms with E-state index in [0.29, 0.717) is 11.4 Å². The van der Waals surface area contributed by atoms with Crippen LogP contribution in [0.25, 0.3) is 22.1 Å². The van der Waals surface area contributed by atoms with Gasteiger partial charge in [0.15, 0.2) is 11.4 Å². The summed E-state index contributed by atoms with van der Waals surface area (Å²) in [5, 5.41) is 3.92. The van der Waals surface area contributed by atoms with Crippen molar-refractivity contribution in [2.45, 2.75) is 13.3 Å². The molecule has 2 aromatic heterocycles. The van der Waals surface area contributed by atoms with Crippen LogP contribution in [0.15, 0.2) is 59.3 Å². The molecule has 0 aliphatic heterocycles. The molecule has 4 aromatic rings. The molecule has 0 aliphatic rings. The predicted octanol–water partition coefficient (Wildman–Crippen LogP) is 4.01. The lowest BCUT2D eigenvalue weighted by atomic mass is 10.1. The number of hydrogen-bond donors (Lipinski definition) is 1. The summed E-state index contributed by atoms with van der Waals surface area (Å²) in [7, 11) is 1.82. The fourth-order valence-corrected chi connectivity index (χ4v) is 3.21. The smallest absolute Gasteiger partial charge is 0.243 e. The van der Waals surface area contributed by atoms with Gasteiger partial charge < -0.3 is 14.6 Å². The molecular weight excluding hydrogens is 340 g/mol. The number of anilines is 2. The number of para-hydroxylation sites is 2. The Bertz CT molecular complexity index is 1120. The van der Waals surface area contributed by atoms with Crippen LogP contribution < -0.4 is 10.2 Å². The van der Waals surface area contributed by atoms with E-state index in [9.17, 15) is 4.79 Å². The van der Waals surface area contributed by atoms with Crippen LogP contribution in [0.4, 0.5) is 11.5 Å². The van der Waals surface area contributed by atoms with Gasteiger partial charge in [-0.15, -0.1) is 0 Å². The molecule has 6 heteroatoms. The van der Waals surface area contributed by atoms with E-state index in [2.05, 4.69) is 22.2 Å². The first-order valence-electron chi connectivity index (χ1n) is 8.88. The number of furan rings is 1. The summed E-state index contributed by atoms with van der Waals surface area (Å²) in [6.45, 7) is 2.22. The molecule has 2 aromatic carbocycles. The van der Waals surface area contributed by atoms with Crippen molar-refractivity contribution in [3.63, 3.8) is 0 Å². The van der Waals surface area contributed by atoms with Gasteiger partial charge in [-0.1, -0.05) is 37.3 Å². The number of rotatable bonds is 5. The van der Waals surface area contributed by atoms with Crippen molar-refractivity contribution in [3.05, 3.63) is 60.4 Å². The zero-order chi connectivity index (χ0) is 18.8. The monoisotopic (exact) mass is 360 g/mol. The van der Waals surface area contributed by atoms with Crippen LogP contribution in [0.1, 0.15) is 12.5 Å². The lowest BCUT2D eigenvalue weighted by Crippen LogP contribution is -2.31. The molecule has 0 fully saturated rings. The molecule has 27 heavy (non-hydrogen) atoms. The van der Waals surface area contributed by atoms with Gasteiger partial charge >= 0.3 is 0 Å². The van der Waals surface area contributed by atoms with E-state index in [4.69, 9.17) is 4.42 Å². The number of fused-ring (bicyclic) bond motifs is 3. The number of likely N-dealkylation sites (N-methyl/N-ethyl adjacent to an activating group) is 1. The van der Waals surface area contributed by atoms with Crippen molar-refractivity contribution in [2.75, 3.05) is 23.8 Å². The Labute approximate surface area is 156 Å². The summed E-state index contributed by atoms with van der Waals surface area (Å²) >= 11 is 0. The van der Waals surface area contributed by atoms with E-state index in [1.165, 1.54) is 6.33 Å². The topological polar surface area (TPSA) is 71.3 Å². The molecule has 0 unspecified atom stereocenters. The van der Waals surface area contributed by atoms with Crippen LogP contribution >= 0.6 is 0 Å². The van der Waals surface area contributed by atoms with E-state index in [-0.39, 0.29) is 12.5 Å². The highest BCUT2D eigenvalue weighted by atomic mass is 16.3. The molecule has 136 valence electrons. The summed E-state index contributed by atoms with van der Waals surface area (Å²) in [6, 6.07) is 15.5. The molecule has 0 aliphatic carbocycles. The number of hydrogen-bond acceptors (Lipinski definition) is 5. The second-order valence-corrected chi connectivity index (χ2v) is 6.39. The third kappa shape index (κ3) is 3.21. The molecular formula is C21H20N4O2. The minimum absolute atomic E-state index is 0.110. The molecule has 0 spiro atoms. The second kappa shape index (κ2) is 7.07. The average Bonchev–Trinajstić information content (AvgIpc) is 3.07. The molecule has 0 atom stereocenters. The number of aryl methyl sites for hydroxylation is 1. The van der Waals surface area contributed by atoms with Crippen LogP contribution in [-0.2, 0) is 11.2 Å². The van der Waals surface area contributed by atoms with E-state index in [0.717, 1.165) is 34.2 Å².